The summed E-state index contributed by atoms with van der Waals surface area (Å²) in [7, 11) is -2.90. The summed E-state index contributed by atoms with van der Waals surface area (Å²) in [4.78, 5) is 0. The van der Waals surface area contributed by atoms with Gasteiger partial charge in [0.25, 0.3) is 0 Å². The Hall–Kier alpha value is -0.0900. The van der Waals surface area contributed by atoms with Crippen LogP contribution in [-0.4, -0.2) is 26.5 Å². The maximum absolute atomic E-state index is 11.5. The summed E-state index contributed by atoms with van der Waals surface area (Å²) in [6, 6.07) is 0.101. The minimum absolute atomic E-state index is 0.101. The second kappa shape index (κ2) is 5.27. The Labute approximate surface area is 105 Å². The SMILES string of the molecule is CS(=O)(=O)CC1C(N)CCC2CCCCCC21. The Morgan fingerprint density at radius 1 is 1.06 bits per heavy atom. The molecule has 0 aromatic rings. The van der Waals surface area contributed by atoms with E-state index < -0.39 is 9.84 Å². The van der Waals surface area contributed by atoms with Crippen LogP contribution in [-0.2, 0) is 9.84 Å². The lowest BCUT2D eigenvalue weighted by Crippen LogP contribution is -2.45. The molecule has 0 aromatic carbocycles. The molecule has 0 heterocycles. The van der Waals surface area contributed by atoms with Crippen molar-refractivity contribution in [3.63, 3.8) is 0 Å². The van der Waals surface area contributed by atoms with E-state index in [0.29, 0.717) is 11.7 Å². The van der Waals surface area contributed by atoms with Gasteiger partial charge in [-0.05, 0) is 37.0 Å². The maximum Gasteiger partial charge on any atom is 0.147 e. The van der Waals surface area contributed by atoms with Crippen LogP contribution in [0, 0.1) is 17.8 Å². The van der Waals surface area contributed by atoms with Crippen LogP contribution in [0.3, 0.4) is 0 Å². The third-order valence-corrected chi connectivity index (χ3v) is 5.67. The summed E-state index contributed by atoms with van der Waals surface area (Å²) in [6.45, 7) is 0. The molecule has 0 aromatic heterocycles. The van der Waals surface area contributed by atoms with Gasteiger partial charge >= 0.3 is 0 Å². The smallest absolute Gasteiger partial charge is 0.147 e. The monoisotopic (exact) mass is 259 g/mol. The van der Waals surface area contributed by atoms with Gasteiger partial charge in [0.05, 0.1) is 5.75 Å². The zero-order chi connectivity index (χ0) is 12.5. The van der Waals surface area contributed by atoms with Crippen molar-refractivity contribution in [2.24, 2.45) is 23.5 Å². The molecule has 0 spiro atoms. The van der Waals surface area contributed by atoms with E-state index in [1.165, 1.54) is 44.8 Å². The third-order valence-electron chi connectivity index (χ3n) is 4.68. The zero-order valence-corrected chi connectivity index (χ0v) is 11.6. The van der Waals surface area contributed by atoms with Gasteiger partial charge in [-0.2, -0.15) is 0 Å². The number of nitrogens with two attached hydrogens (primary N) is 1. The fraction of sp³-hybridized carbons (Fsp3) is 1.00. The van der Waals surface area contributed by atoms with Crippen molar-refractivity contribution in [1.82, 2.24) is 0 Å². The van der Waals surface area contributed by atoms with Crippen LogP contribution in [0.15, 0.2) is 0 Å². The molecule has 0 amide bonds. The van der Waals surface area contributed by atoms with Crippen LogP contribution < -0.4 is 5.73 Å². The predicted octanol–water partition coefficient (Wildman–Crippen LogP) is 1.96. The summed E-state index contributed by atoms with van der Waals surface area (Å²) < 4.78 is 23.1. The molecular formula is C13H25NO2S. The quantitative estimate of drug-likeness (QED) is 0.824. The van der Waals surface area contributed by atoms with E-state index in [1.54, 1.807) is 0 Å². The van der Waals surface area contributed by atoms with E-state index in [2.05, 4.69) is 0 Å². The summed E-state index contributed by atoms with van der Waals surface area (Å²) in [6.07, 6.45) is 9.95. The van der Waals surface area contributed by atoms with E-state index in [1.807, 2.05) is 0 Å². The van der Waals surface area contributed by atoms with Crippen LogP contribution in [0.25, 0.3) is 0 Å². The molecule has 4 heteroatoms. The molecule has 17 heavy (non-hydrogen) atoms. The van der Waals surface area contributed by atoms with Crippen LogP contribution >= 0.6 is 0 Å². The van der Waals surface area contributed by atoms with Crippen molar-refractivity contribution in [2.75, 3.05) is 12.0 Å². The van der Waals surface area contributed by atoms with Gasteiger partial charge in [0.15, 0.2) is 0 Å². The molecule has 0 bridgehead atoms. The normalized spacial score (nSPS) is 39.4. The largest absolute Gasteiger partial charge is 0.327 e. The maximum atomic E-state index is 11.5. The molecule has 0 aliphatic heterocycles. The number of hydrogen-bond donors (Lipinski definition) is 1. The van der Waals surface area contributed by atoms with Gasteiger partial charge in [-0.3, -0.25) is 0 Å². The van der Waals surface area contributed by atoms with E-state index in [9.17, 15) is 8.42 Å². The van der Waals surface area contributed by atoms with Crippen molar-refractivity contribution >= 4 is 9.84 Å². The lowest BCUT2D eigenvalue weighted by Gasteiger charge is -2.41. The fourth-order valence-electron chi connectivity index (χ4n) is 3.87. The first-order chi connectivity index (χ1) is 7.97. The standard InChI is InChI=1S/C13H25NO2S/c1-17(15,16)9-12-11-6-4-2-3-5-10(11)7-8-13(12)14/h10-13H,2-9,14H2,1H3. The molecule has 2 aliphatic carbocycles. The first kappa shape index (κ1) is 13.3. The molecule has 2 rings (SSSR count). The molecule has 4 atom stereocenters. The van der Waals surface area contributed by atoms with Gasteiger partial charge in [-0.15, -0.1) is 0 Å². The molecule has 4 unspecified atom stereocenters. The second-order valence-corrected chi connectivity index (χ2v) is 8.24. The summed E-state index contributed by atoms with van der Waals surface area (Å²) in [5, 5.41) is 0. The van der Waals surface area contributed by atoms with Gasteiger partial charge < -0.3 is 5.73 Å². The average Bonchev–Trinajstić information content (AvgIpc) is 2.46. The first-order valence-electron chi connectivity index (χ1n) is 6.90. The lowest BCUT2D eigenvalue weighted by atomic mass is 9.68. The van der Waals surface area contributed by atoms with Crippen LogP contribution in [0.5, 0.6) is 0 Å². The molecule has 2 saturated carbocycles. The Kier molecular flexibility index (Phi) is 4.14. The number of rotatable bonds is 2. The van der Waals surface area contributed by atoms with Gasteiger partial charge in [0.2, 0.25) is 0 Å². The van der Waals surface area contributed by atoms with E-state index in [4.69, 9.17) is 5.73 Å². The van der Waals surface area contributed by atoms with Crippen LogP contribution in [0.2, 0.25) is 0 Å². The van der Waals surface area contributed by atoms with E-state index in [-0.39, 0.29) is 12.0 Å². The van der Waals surface area contributed by atoms with Crippen molar-refractivity contribution in [2.45, 2.75) is 51.0 Å². The van der Waals surface area contributed by atoms with Gasteiger partial charge in [-0.25, -0.2) is 8.42 Å². The van der Waals surface area contributed by atoms with E-state index >= 15 is 0 Å². The van der Waals surface area contributed by atoms with Crippen molar-refractivity contribution in [3.05, 3.63) is 0 Å². The molecule has 2 aliphatic rings. The molecule has 3 nitrogen and oxygen atoms in total. The second-order valence-electron chi connectivity index (χ2n) is 6.06. The Morgan fingerprint density at radius 2 is 1.76 bits per heavy atom. The molecule has 0 radical (unpaired) electrons. The highest BCUT2D eigenvalue weighted by molar-refractivity contribution is 7.90. The molecular weight excluding hydrogens is 234 g/mol. The molecule has 0 saturated heterocycles. The molecule has 2 fully saturated rings. The van der Waals surface area contributed by atoms with Crippen molar-refractivity contribution in [3.8, 4) is 0 Å². The summed E-state index contributed by atoms with van der Waals surface area (Å²) in [5.74, 6) is 1.82. The summed E-state index contributed by atoms with van der Waals surface area (Å²) >= 11 is 0. The molecule has 100 valence electrons. The minimum Gasteiger partial charge on any atom is -0.327 e. The minimum atomic E-state index is -2.90. The topological polar surface area (TPSA) is 60.2 Å². The Balaban J connectivity index is 2.14. The average molecular weight is 259 g/mol. The van der Waals surface area contributed by atoms with Gasteiger partial charge in [-0.1, -0.05) is 25.7 Å². The predicted molar refractivity (Wildman–Crippen MR) is 70.5 cm³/mol. The highest BCUT2D eigenvalue weighted by atomic mass is 32.2. The van der Waals surface area contributed by atoms with Gasteiger partial charge in [0, 0.05) is 12.3 Å². The fourth-order valence-corrected chi connectivity index (χ4v) is 5.06. The number of sulfone groups is 1. The van der Waals surface area contributed by atoms with Crippen molar-refractivity contribution < 1.29 is 8.42 Å². The highest BCUT2D eigenvalue weighted by Crippen LogP contribution is 2.42. The van der Waals surface area contributed by atoms with Crippen molar-refractivity contribution in [1.29, 1.82) is 0 Å². The lowest BCUT2D eigenvalue weighted by molar-refractivity contribution is 0.135. The van der Waals surface area contributed by atoms with E-state index in [0.717, 1.165) is 12.3 Å². The van der Waals surface area contributed by atoms with Gasteiger partial charge in [0.1, 0.15) is 9.84 Å². The number of hydrogen-bond acceptors (Lipinski definition) is 3. The zero-order valence-electron chi connectivity index (χ0n) is 10.8. The van der Waals surface area contributed by atoms with Crippen LogP contribution in [0.1, 0.15) is 44.9 Å². The number of fused-ring (bicyclic) bond motifs is 1. The first-order valence-corrected chi connectivity index (χ1v) is 8.97. The van der Waals surface area contributed by atoms with Crippen LogP contribution in [0.4, 0.5) is 0 Å². The highest BCUT2D eigenvalue weighted by Gasteiger charge is 2.39. The Bertz CT molecular complexity index is 352. The Morgan fingerprint density at radius 3 is 2.47 bits per heavy atom. The third kappa shape index (κ3) is 3.44. The summed E-state index contributed by atoms with van der Waals surface area (Å²) in [5.41, 5.74) is 6.18. The molecule has 2 N–H and O–H groups in total.